The van der Waals surface area contributed by atoms with Gasteiger partial charge in [-0.15, -0.1) is 0 Å². The average molecular weight is 409 g/mol. The van der Waals surface area contributed by atoms with E-state index in [0.29, 0.717) is 6.54 Å². The predicted octanol–water partition coefficient (Wildman–Crippen LogP) is 2.99. The third-order valence-electron chi connectivity index (χ3n) is 2.62. The summed E-state index contributed by atoms with van der Waals surface area (Å²) in [4.78, 5) is 11.7. The monoisotopic (exact) mass is 408 g/mol. The SMILES string of the molecule is O=C(CNCC1CC1)Nc1cc(Br)ccc1I. The summed E-state index contributed by atoms with van der Waals surface area (Å²) in [6.45, 7) is 1.35. The van der Waals surface area contributed by atoms with Gasteiger partial charge >= 0.3 is 0 Å². The molecule has 1 fully saturated rings. The topological polar surface area (TPSA) is 41.1 Å². The second-order valence-electron chi connectivity index (χ2n) is 4.25. The molecule has 0 saturated heterocycles. The summed E-state index contributed by atoms with van der Waals surface area (Å²) < 4.78 is 2.01. The fraction of sp³-hybridized carbons (Fsp3) is 0.417. The standard InChI is InChI=1S/C12H14BrIN2O/c13-9-3-4-10(14)11(5-9)16-12(17)7-15-6-8-1-2-8/h3-5,8,15H,1-2,6-7H2,(H,16,17). The Labute approximate surface area is 123 Å². The number of carbonyl (C=O) groups excluding carboxylic acids is 1. The molecule has 1 saturated carbocycles. The first-order chi connectivity index (χ1) is 8.15. The summed E-state index contributed by atoms with van der Waals surface area (Å²) >= 11 is 5.61. The van der Waals surface area contributed by atoms with E-state index in [1.807, 2.05) is 18.2 Å². The smallest absolute Gasteiger partial charge is 0.238 e. The molecule has 1 aliphatic rings. The van der Waals surface area contributed by atoms with Crippen molar-refractivity contribution in [3.8, 4) is 0 Å². The minimum absolute atomic E-state index is 0.0154. The zero-order valence-corrected chi connectivity index (χ0v) is 13.0. The zero-order chi connectivity index (χ0) is 12.3. The van der Waals surface area contributed by atoms with Gasteiger partial charge in [-0.3, -0.25) is 4.79 Å². The quantitative estimate of drug-likeness (QED) is 0.735. The molecule has 1 aliphatic carbocycles. The van der Waals surface area contributed by atoms with Crippen LogP contribution < -0.4 is 10.6 Å². The van der Waals surface area contributed by atoms with E-state index < -0.39 is 0 Å². The van der Waals surface area contributed by atoms with Crippen LogP contribution in [0.3, 0.4) is 0 Å². The number of rotatable bonds is 5. The number of hydrogen-bond donors (Lipinski definition) is 2. The number of benzene rings is 1. The third-order valence-corrected chi connectivity index (χ3v) is 4.05. The Hall–Kier alpha value is -0.140. The van der Waals surface area contributed by atoms with Crippen molar-refractivity contribution in [3.05, 3.63) is 26.2 Å². The van der Waals surface area contributed by atoms with Crippen LogP contribution in [0.5, 0.6) is 0 Å². The van der Waals surface area contributed by atoms with Crippen molar-refractivity contribution in [2.75, 3.05) is 18.4 Å². The normalized spacial score (nSPS) is 14.7. The summed E-state index contributed by atoms with van der Waals surface area (Å²) in [7, 11) is 0. The van der Waals surface area contributed by atoms with E-state index in [1.54, 1.807) is 0 Å². The largest absolute Gasteiger partial charge is 0.324 e. The molecular weight excluding hydrogens is 395 g/mol. The Morgan fingerprint density at radius 2 is 2.24 bits per heavy atom. The van der Waals surface area contributed by atoms with E-state index >= 15 is 0 Å². The van der Waals surface area contributed by atoms with E-state index in [2.05, 4.69) is 49.2 Å². The Balaban J connectivity index is 1.81. The third kappa shape index (κ3) is 4.56. The first-order valence-electron chi connectivity index (χ1n) is 5.61. The number of amides is 1. The minimum Gasteiger partial charge on any atom is -0.324 e. The summed E-state index contributed by atoms with van der Waals surface area (Å²) in [5.41, 5.74) is 0.859. The lowest BCUT2D eigenvalue weighted by Gasteiger charge is -2.08. The van der Waals surface area contributed by atoms with Crippen molar-refractivity contribution < 1.29 is 4.79 Å². The van der Waals surface area contributed by atoms with Crippen LogP contribution in [-0.2, 0) is 4.79 Å². The molecule has 0 heterocycles. The maximum Gasteiger partial charge on any atom is 0.238 e. The van der Waals surface area contributed by atoms with Gasteiger partial charge in [-0.05, 0) is 66.1 Å². The van der Waals surface area contributed by atoms with Crippen LogP contribution in [0.4, 0.5) is 5.69 Å². The molecule has 3 nitrogen and oxygen atoms in total. The average Bonchev–Trinajstić information content (AvgIpc) is 3.07. The highest BCUT2D eigenvalue weighted by Crippen LogP contribution is 2.27. The highest BCUT2D eigenvalue weighted by atomic mass is 127. The van der Waals surface area contributed by atoms with Gasteiger partial charge in [-0.1, -0.05) is 15.9 Å². The molecule has 0 bridgehead atoms. The van der Waals surface area contributed by atoms with Gasteiger partial charge in [0.1, 0.15) is 0 Å². The van der Waals surface area contributed by atoms with Gasteiger partial charge in [0, 0.05) is 8.04 Å². The molecule has 17 heavy (non-hydrogen) atoms. The van der Waals surface area contributed by atoms with Gasteiger partial charge in [0.2, 0.25) is 5.91 Å². The summed E-state index contributed by atoms with van der Waals surface area (Å²) in [5, 5.41) is 6.08. The number of nitrogens with one attached hydrogen (secondary N) is 2. The van der Waals surface area contributed by atoms with Crippen LogP contribution in [0.2, 0.25) is 0 Å². The fourth-order valence-electron chi connectivity index (χ4n) is 1.50. The van der Waals surface area contributed by atoms with Crippen molar-refractivity contribution in [2.45, 2.75) is 12.8 Å². The maximum atomic E-state index is 11.7. The van der Waals surface area contributed by atoms with Crippen molar-refractivity contribution in [2.24, 2.45) is 5.92 Å². The van der Waals surface area contributed by atoms with Gasteiger partial charge in [0.25, 0.3) is 0 Å². The van der Waals surface area contributed by atoms with E-state index in [4.69, 9.17) is 0 Å². The number of halogens is 2. The van der Waals surface area contributed by atoms with E-state index in [-0.39, 0.29) is 5.91 Å². The maximum absolute atomic E-state index is 11.7. The van der Waals surface area contributed by atoms with Gasteiger partial charge in [-0.25, -0.2) is 0 Å². The molecule has 1 aromatic rings. The highest BCUT2D eigenvalue weighted by Gasteiger charge is 2.20. The van der Waals surface area contributed by atoms with E-state index in [1.165, 1.54) is 12.8 Å². The second kappa shape index (κ2) is 6.15. The summed E-state index contributed by atoms with van der Waals surface area (Å²) in [6, 6.07) is 5.85. The Kier molecular flexibility index (Phi) is 4.81. The molecule has 0 atom stereocenters. The predicted molar refractivity (Wildman–Crippen MR) is 81.1 cm³/mol. The molecule has 5 heteroatoms. The van der Waals surface area contributed by atoms with Crippen molar-refractivity contribution in [1.82, 2.24) is 5.32 Å². The second-order valence-corrected chi connectivity index (χ2v) is 6.32. The van der Waals surface area contributed by atoms with Crippen LogP contribution in [0.25, 0.3) is 0 Å². The van der Waals surface area contributed by atoms with Gasteiger partial charge < -0.3 is 10.6 Å². The fourth-order valence-corrected chi connectivity index (χ4v) is 2.33. The van der Waals surface area contributed by atoms with Gasteiger partial charge in [-0.2, -0.15) is 0 Å². The first-order valence-corrected chi connectivity index (χ1v) is 7.48. The molecular formula is C12H14BrIN2O. The highest BCUT2D eigenvalue weighted by molar-refractivity contribution is 14.1. The van der Waals surface area contributed by atoms with Crippen molar-refractivity contribution >= 4 is 50.1 Å². The van der Waals surface area contributed by atoms with Crippen LogP contribution in [0.1, 0.15) is 12.8 Å². The van der Waals surface area contributed by atoms with Crippen LogP contribution in [0, 0.1) is 9.49 Å². The molecule has 2 rings (SSSR count). The van der Waals surface area contributed by atoms with E-state index in [0.717, 1.165) is 26.2 Å². The number of anilines is 1. The molecule has 0 aliphatic heterocycles. The lowest BCUT2D eigenvalue weighted by molar-refractivity contribution is -0.115. The molecule has 0 spiro atoms. The lowest BCUT2D eigenvalue weighted by Crippen LogP contribution is -2.29. The van der Waals surface area contributed by atoms with Crippen LogP contribution >= 0.6 is 38.5 Å². The Morgan fingerprint density at radius 1 is 1.47 bits per heavy atom. The lowest BCUT2D eigenvalue weighted by atomic mass is 10.3. The molecule has 0 unspecified atom stereocenters. The zero-order valence-electron chi connectivity index (χ0n) is 9.30. The molecule has 0 radical (unpaired) electrons. The number of hydrogen-bond acceptors (Lipinski definition) is 2. The summed E-state index contributed by atoms with van der Waals surface area (Å²) in [6.07, 6.45) is 2.61. The van der Waals surface area contributed by atoms with Crippen LogP contribution in [0.15, 0.2) is 22.7 Å². The minimum atomic E-state index is 0.0154. The van der Waals surface area contributed by atoms with Crippen molar-refractivity contribution in [1.29, 1.82) is 0 Å². The molecule has 1 aromatic carbocycles. The van der Waals surface area contributed by atoms with E-state index in [9.17, 15) is 4.79 Å². The summed E-state index contributed by atoms with van der Waals surface area (Å²) in [5.74, 6) is 0.815. The molecule has 92 valence electrons. The van der Waals surface area contributed by atoms with Gasteiger partial charge in [0.05, 0.1) is 12.2 Å². The first kappa shape index (κ1) is 13.3. The van der Waals surface area contributed by atoms with Crippen molar-refractivity contribution in [3.63, 3.8) is 0 Å². The molecule has 0 aromatic heterocycles. The van der Waals surface area contributed by atoms with Crippen LogP contribution in [-0.4, -0.2) is 19.0 Å². The molecule has 2 N–H and O–H groups in total. The molecule has 1 amide bonds. The number of carbonyl (C=O) groups is 1. The Morgan fingerprint density at radius 3 is 2.94 bits per heavy atom. The Bertz CT molecular complexity index is 421. The van der Waals surface area contributed by atoms with Gasteiger partial charge in [0.15, 0.2) is 0 Å².